The van der Waals surface area contributed by atoms with Gasteiger partial charge in [0, 0.05) is 26.1 Å². The first-order valence-corrected chi connectivity index (χ1v) is 12.2. The smallest absolute Gasteiger partial charge is 0.340 e. The Morgan fingerprint density at radius 2 is 2.00 bits per heavy atom. The molecule has 0 saturated carbocycles. The summed E-state index contributed by atoms with van der Waals surface area (Å²) in [7, 11) is 0. The Morgan fingerprint density at radius 1 is 1.12 bits per heavy atom. The number of nitrogens with one attached hydrogen (secondary N) is 1. The first-order valence-electron chi connectivity index (χ1n) is 12.2. The number of carbonyl (C=O) groups is 2. The van der Waals surface area contributed by atoms with Crippen molar-refractivity contribution >= 4 is 34.5 Å². The number of imidazole rings is 1. The number of ether oxygens (including phenoxy) is 1. The van der Waals surface area contributed by atoms with Gasteiger partial charge in [0.15, 0.2) is 17.0 Å². The fraction of sp³-hybridized carbons (Fsp3) is 0.480. The molecule has 0 radical (unpaired) electrons. The second-order valence-corrected chi connectivity index (χ2v) is 8.90. The highest BCUT2D eigenvalue weighted by Gasteiger charge is 2.29. The maximum atomic E-state index is 13.2. The van der Waals surface area contributed by atoms with Gasteiger partial charge >= 0.3 is 5.97 Å². The van der Waals surface area contributed by atoms with E-state index in [-0.39, 0.29) is 18.4 Å². The van der Waals surface area contributed by atoms with E-state index in [9.17, 15) is 9.59 Å². The first-order chi connectivity index (χ1) is 16.7. The van der Waals surface area contributed by atoms with Gasteiger partial charge in [-0.05, 0) is 44.7 Å². The van der Waals surface area contributed by atoms with Gasteiger partial charge in [0.25, 0.3) is 0 Å². The number of rotatable bonds is 5. The van der Waals surface area contributed by atoms with Crippen LogP contribution in [0.3, 0.4) is 0 Å². The maximum absolute atomic E-state index is 13.2. The second kappa shape index (κ2) is 9.79. The highest BCUT2D eigenvalue weighted by Crippen LogP contribution is 2.30. The molecular weight excluding hydrogens is 432 g/mol. The Hall–Kier alpha value is -3.49. The van der Waals surface area contributed by atoms with Gasteiger partial charge in [-0.25, -0.2) is 19.7 Å². The van der Waals surface area contributed by atoms with Crippen LogP contribution in [0.1, 0.15) is 55.2 Å². The number of para-hydroxylation sites is 1. The molecule has 9 nitrogen and oxygen atoms in total. The largest absolute Gasteiger partial charge is 0.462 e. The van der Waals surface area contributed by atoms with E-state index in [0.717, 1.165) is 68.0 Å². The number of hydrogen-bond donors (Lipinski definition) is 1. The summed E-state index contributed by atoms with van der Waals surface area (Å²) in [6.45, 7) is 4.34. The molecule has 0 aliphatic carbocycles. The average Bonchev–Trinajstić information content (AvgIpc) is 3.05. The third kappa shape index (κ3) is 4.34. The lowest BCUT2D eigenvalue weighted by atomic mass is 9.96. The molecule has 0 bridgehead atoms. The number of aromatic nitrogens is 4. The van der Waals surface area contributed by atoms with Crippen LogP contribution in [0.5, 0.6) is 0 Å². The quantitative estimate of drug-likeness (QED) is 0.578. The summed E-state index contributed by atoms with van der Waals surface area (Å²) >= 11 is 0. The van der Waals surface area contributed by atoms with Gasteiger partial charge in [0.05, 0.1) is 23.8 Å². The number of piperidine rings is 1. The van der Waals surface area contributed by atoms with Crippen LogP contribution in [0.4, 0.5) is 11.5 Å². The van der Waals surface area contributed by atoms with E-state index in [2.05, 4.69) is 24.8 Å². The van der Waals surface area contributed by atoms with E-state index in [4.69, 9.17) is 9.72 Å². The van der Waals surface area contributed by atoms with Crippen LogP contribution in [0.25, 0.3) is 11.2 Å². The summed E-state index contributed by atoms with van der Waals surface area (Å²) in [5, 5.41) is 2.96. The minimum absolute atomic E-state index is 0.104. The molecule has 4 heterocycles. The predicted octanol–water partition coefficient (Wildman–Crippen LogP) is 3.58. The van der Waals surface area contributed by atoms with Crippen molar-refractivity contribution in [2.45, 2.75) is 52.0 Å². The van der Waals surface area contributed by atoms with Crippen molar-refractivity contribution in [3.8, 4) is 0 Å². The van der Waals surface area contributed by atoms with Crippen molar-refractivity contribution in [3.63, 3.8) is 0 Å². The molecule has 1 amide bonds. The monoisotopic (exact) mass is 462 g/mol. The molecule has 0 spiro atoms. The molecule has 2 aliphatic rings. The zero-order valence-corrected chi connectivity index (χ0v) is 19.5. The molecule has 178 valence electrons. The normalized spacial score (nSPS) is 18.3. The molecule has 3 aromatic rings. The number of carbonyl (C=O) groups excluding carboxylic acids is 2. The van der Waals surface area contributed by atoms with Gasteiger partial charge in [0.1, 0.15) is 12.2 Å². The van der Waals surface area contributed by atoms with E-state index in [1.165, 1.54) is 6.42 Å². The third-order valence-corrected chi connectivity index (χ3v) is 6.65. The lowest BCUT2D eigenvalue weighted by Gasteiger charge is -2.32. The summed E-state index contributed by atoms with van der Waals surface area (Å²) in [5.41, 5.74) is 2.55. The zero-order valence-electron chi connectivity index (χ0n) is 19.5. The molecule has 5 rings (SSSR count). The first kappa shape index (κ1) is 22.3. The zero-order chi connectivity index (χ0) is 23.5. The number of nitrogens with zero attached hydrogens (tertiary/aromatic N) is 5. The molecular formula is C25H30N6O3. The van der Waals surface area contributed by atoms with Crippen LogP contribution in [0, 0.1) is 5.92 Å². The molecule has 1 fully saturated rings. The Kier molecular flexibility index (Phi) is 6.42. The van der Waals surface area contributed by atoms with Crippen LogP contribution in [0.2, 0.25) is 0 Å². The number of esters is 1. The van der Waals surface area contributed by atoms with Crippen molar-refractivity contribution in [1.29, 1.82) is 0 Å². The van der Waals surface area contributed by atoms with Gasteiger partial charge in [-0.2, -0.15) is 0 Å². The molecule has 2 aliphatic heterocycles. The Balaban J connectivity index is 1.36. The van der Waals surface area contributed by atoms with Crippen LogP contribution in [-0.2, 0) is 22.5 Å². The van der Waals surface area contributed by atoms with Gasteiger partial charge in [-0.3, -0.25) is 4.79 Å². The molecule has 9 heteroatoms. The van der Waals surface area contributed by atoms with Crippen LogP contribution in [-0.4, -0.2) is 51.1 Å². The fourth-order valence-corrected chi connectivity index (χ4v) is 4.95. The predicted molar refractivity (Wildman–Crippen MR) is 129 cm³/mol. The Bertz CT molecular complexity index is 1210. The number of hydrogen-bond acceptors (Lipinski definition) is 7. The number of fused-ring (bicyclic) bond motifs is 3. The van der Waals surface area contributed by atoms with Gasteiger partial charge in [-0.1, -0.05) is 18.6 Å². The van der Waals surface area contributed by atoms with Crippen molar-refractivity contribution in [2.24, 2.45) is 5.92 Å². The Labute approximate surface area is 198 Å². The lowest BCUT2D eigenvalue weighted by molar-refractivity contribution is -0.120. The molecule has 0 unspecified atom stereocenters. The average molecular weight is 463 g/mol. The van der Waals surface area contributed by atoms with Gasteiger partial charge in [0.2, 0.25) is 5.91 Å². The summed E-state index contributed by atoms with van der Waals surface area (Å²) in [5.74, 6) is 1.11. The van der Waals surface area contributed by atoms with Crippen molar-refractivity contribution in [3.05, 3.63) is 42.0 Å². The number of aryl methyl sites for hydroxylation is 2. The van der Waals surface area contributed by atoms with Gasteiger partial charge in [-0.15, -0.1) is 0 Å². The van der Waals surface area contributed by atoms with Crippen molar-refractivity contribution in [1.82, 2.24) is 19.5 Å². The van der Waals surface area contributed by atoms with E-state index in [1.54, 1.807) is 37.5 Å². The molecule has 1 aromatic carbocycles. The number of benzene rings is 1. The third-order valence-electron chi connectivity index (χ3n) is 6.65. The number of amides is 1. The Morgan fingerprint density at radius 3 is 2.88 bits per heavy atom. The highest BCUT2D eigenvalue weighted by atomic mass is 16.5. The summed E-state index contributed by atoms with van der Waals surface area (Å²) in [6, 6.07) is 6.96. The maximum Gasteiger partial charge on any atom is 0.340 e. The van der Waals surface area contributed by atoms with Crippen molar-refractivity contribution < 1.29 is 14.3 Å². The number of anilines is 2. The molecule has 34 heavy (non-hydrogen) atoms. The second-order valence-electron chi connectivity index (χ2n) is 8.90. The van der Waals surface area contributed by atoms with E-state index in [0.29, 0.717) is 17.8 Å². The van der Waals surface area contributed by atoms with E-state index >= 15 is 0 Å². The van der Waals surface area contributed by atoms with E-state index in [1.807, 2.05) is 0 Å². The van der Waals surface area contributed by atoms with E-state index < -0.39 is 5.97 Å². The summed E-state index contributed by atoms with van der Waals surface area (Å²) < 4.78 is 7.36. The van der Waals surface area contributed by atoms with Crippen molar-refractivity contribution in [2.75, 3.05) is 29.9 Å². The topological polar surface area (TPSA) is 102 Å². The SMILES string of the molecule is CCOC(=O)c1ccccc1NC(=O)[C@H]1CCCN(c2ncnc3c2nc2n3CCCCC2)C1. The van der Waals surface area contributed by atoms with Crippen LogP contribution in [0.15, 0.2) is 30.6 Å². The minimum Gasteiger partial charge on any atom is -0.462 e. The summed E-state index contributed by atoms with van der Waals surface area (Å²) in [4.78, 5) is 41.7. The molecule has 1 saturated heterocycles. The minimum atomic E-state index is -0.438. The standard InChI is InChI=1S/C25H30N6O3/c1-2-34-25(33)18-10-5-6-11-19(18)28-24(32)17-9-8-13-30(15-17)22-21-23(27-16-26-22)31-14-7-3-4-12-20(31)29-21/h5-6,10-11,16-17H,2-4,7-9,12-15H2,1H3,(H,28,32)/t17-/m0/s1. The van der Waals surface area contributed by atoms with Crippen LogP contribution >= 0.6 is 0 Å². The lowest BCUT2D eigenvalue weighted by Crippen LogP contribution is -2.41. The highest BCUT2D eigenvalue weighted by molar-refractivity contribution is 6.02. The fourth-order valence-electron chi connectivity index (χ4n) is 4.95. The molecule has 2 aromatic heterocycles. The molecule has 1 atom stereocenters. The summed E-state index contributed by atoms with van der Waals surface area (Å²) in [6.07, 6.45) is 7.71. The van der Waals surface area contributed by atoms with Gasteiger partial charge < -0.3 is 19.5 Å². The molecule has 1 N–H and O–H groups in total. The van der Waals surface area contributed by atoms with Crippen LogP contribution < -0.4 is 10.2 Å².